The van der Waals surface area contributed by atoms with Crippen LogP contribution in [0.1, 0.15) is 25.0 Å². The van der Waals surface area contributed by atoms with Gasteiger partial charge in [0.1, 0.15) is 5.76 Å². The van der Waals surface area contributed by atoms with Gasteiger partial charge in [0.15, 0.2) is 0 Å². The second kappa shape index (κ2) is 5.28. The highest BCUT2D eigenvalue weighted by atomic mass is 16.5. The van der Waals surface area contributed by atoms with Crippen molar-refractivity contribution in [3.63, 3.8) is 0 Å². The van der Waals surface area contributed by atoms with Crippen molar-refractivity contribution >= 4 is 0 Å². The Hall–Kier alpha value is -0.870. The van der Waals surface area contributed by atoms with Crippen LogP contribution < -0.4 is 5.32 Å². The largest absolute Gasteiger partial charge is 0.360 e. The summed E-state index contributed by atoms with van der Waals surface area (Å²) in [6.45, 7) is 3.21. The Morgan fingerprint density at radius 2 is 2.47 bits per heavy atom. The Bertz CT molecular complexity index is 273. The lowest BCUT2D eigenvalue weighted by Crippen LogP contribution is -2.29. The summed E-state index contributed by atoms with van der Waals surface area (Å²) in [5.41, 5.74) is 0. The van der Waals surface area contributed by atoms with Gasteiger partial charge in [-0.05, 0) is 39.4 Å². The molecule has 0 saturated carbocycles. The number of nitrogens with zero attached hydrogens (tertiary/aromatic N) is 2. The fraction of sp³-hybridized carbons (Fsp3) is 0.727. The van der Waals surface area contributed by atoms with Crippen LogP contribution >= 0.6 is 0 Å². The fourth-order valence-electron chi connectivity index (χ4n) is 2.02. The first-order valence-electron chi connectivity index (χ1n) is 5.66. The summed E-state index contributed by atoms with van der Waals surface area (Å²) < 4.78 is 5.05. The normalized spacial score (nSPS) is 23.9. The average Bonchev–Trinajstić information content (AvgIpc) is 2.66. The third kappa shape index (κ3) is 3.32. The minimum atomic E-state index is 0.625. The third-order valence-electron chi connectivity index (χ3n) is 3.01. The van der Waals surface area contributed by atoms with Crippen LogP contribution in [0.15, 0.2) is 16.8 Å². The van der Waals surface area contributed by atoms with E-state index in [1.165, 1.54) is 32.4 Å². The summed E-state index contributed by atoms with van der Waals surface area (Å²) in [5, 5.41) is 7.22. The van der Waals surface area contributed by atoms with Crippen LogP contribution in [0, 0.1) is 0 Å². The molecule has 4 nitrogen and oxygen atoms in total. The lowest BCUT2D eigenvalue weighted by atomic mass is 10.1. The summed E-state index contributed by atoms with van der Waals surface area (Å²) in [6, 6.07) is 2.54. The van der Waals surface area contributed by atoms with Gasteiger partial charge in [0.05, 0.1) is 12.7 Å². The smallest absolute Gasteiger partial charge is 0.150 e. The van der Waals surface area contributed by atoms with E-state index in [0.29, 0.717) is 6.04 Å². The summed E-state index contributed by atoms with van der Waals surface area (Å²) in [5.74, 6) is 0.924. The standard InChI is InChI=1S/C11H19N3O/c1-14-7-2-3-10(5-8-14)12-9-11-4-6-13-15-11/h4,6,10,12H,2-3,5,7-9H2,1H3. The van der Waals surface area contributed by atoms with Crippen molar-refractivity contribution in [2.45, 2.75) is 31.8 Å². The molecule has 1 aliphatic heterocycles. The van der Waals surface area contributed by atoms with E-state index in [0.717, 1.165) is 12.3 Å². The molecule has 1 atom stereocenters. The molecule has 2 rings (SSSR count). The van der Waals surface area contributed by atoms with Crippen molar-refractivity contribution in [1.29, 1.82) is 0 Å². The first-order valence-corrected chi connectivity index (χ1v) is 5.66. The molecule has 84 valence electrons. The van der Waals surface area contributed by atoms with Gasteiger partial charge in [0.2, 0.25) is 0 Å². The van der Waals surface area contributed by atoms with Crippen LogP contribution in [0.2, 0.25) is 0 Å². The van der Waals surface area contributed by atoms with Crippen LogP contribution in [0.3, 0.4) is 0 Å². The Kier molecular flexibility index (Phi) is 3.75. The van der Waals surface area contributed by atoms with Gasteiger partial charge in [0.25, 0.3) is 0 Å². The van der Waals surface area contributed by atoms with E-state index in [-0.39, 0.29) is 0 Å². The van der Waals surface area contributed by atoms with Crippen molar-refractivity contribution in [2.24, 2.45) is 0 Å². The Morgan fingerprint density at radius 1 is 1.53 bits per heavy atom. The molecule has 1 fully saturated rings. The third-order valence-corrected chi connectivity index (χ3v) is 3.01. The Morgan fingerprint density at radius 3 is 3.27 bits per heavy atom. The Balaban J connectivity index is 1.74. The number of likely N-dealkylation sites (tertiary alicyclic amines) is 1. The van der Waals surface area contributed by atoms with Crippen molar-refractivity contribution < 1.29 is 4.52 Å². The van der Waals surface area contributed by atoms with Gasteiger partial charge in [-0.15, -0.1) is 0 Å². The summed E-state index contributed by atoms with van der Waals surface area (Å²) >= 11 is 0. The van der Waals surface area contributed by atoms with Gasteiger partial charge in [0, 0.05) is 12.1 Å². The van der Waals surface area contributed by atoms with E-state index in [4.69, 9.17) is 4.52 Å². The molecule has 0 spiro atoms. The van der Waals surface area contributed by atoms with Crippen LogP contribution in [0.4, 0.5) is 0 Å². The Labute approximate surface area is 90.6 Å². The molecule has 0 bridgehead atoms. The van der Waals surface area contributed by atoms with Crippen LogP contribution in [-0.4, -0.2) is 36.2 Å². The average molecular weight is 209 g/mol. The molecule has 0 radical (unpaired) electrons. The minimum Gasteiger partial charge on any atom is -0.360 e. The van der Waals surface area contributed by atoms with Gasteiger partial charge < -0.3 is 14.7 Å². The van der Waals surface area contributed by atoms with Crippen LogP contribution in [-0.2, 0) is 6.54 Å². The summed E-state index contributed by atoms with van der Waals surface area (Å²) in [4.78, 5) is 2.40. The highest BCUT2D eigenvalue weighted by molar-refractivity contribution is 4.92. The zero-order valence-electron chi connectivity index (χ0n) is 9.28. The van der Waals surface area contributed by atoms with Gasteiger partial charge in [-0.2, -0.15) is 0 Å². The molecule has 0 aliphatic carbocycles. The van der Waals surface area contributed by atoms with E-state index in [1.54, 1.807) is 6.20 Å². The van der Waals surface area contributed by atoms with Gasteiger partial charge in [-0.1, -0.05) is 5.16 Å². The zero-order valence-corrected chi connectivity index (χ0v) is 9.28. The van der Waals surface area contributed by atoms with Gasteiger partial charge in [-0.3, -0.25) is 0 Å². The lowest BCUT2D eigenvalue weighted by Gasteiger charge is -2.15. The monoisotopic (exact) mass is 209 g/mol. The highest BCUT2D eigenvalue weighted by Gasteiger charge is 2.14. The molecule has 15 heavy (non-hydrogen) atoms. The van der Waals surface area contributed by atoms with Crippen LogP contribution in [0.5, 0.6) is 0 Å². The van der Waals surface area contributed by atoms with E-state index in [2.05, 4.69) is 22.4 Å². The second-order valence-electron chi connectivity index (χ2n) is 4.29. The van der Waals surface area contributed by atoms with Crippen molar-refractivity contribution in [2.75, 3.05) is 20.1 Å². The first kappa shape index (κ1) is 10.6. The zero-order chi connectivity index (χ0) is 10.5. The van der Waals surface area contributed by atoms with E-state index >= 15 is 0 Å². The summed E-state index contributed by atoms with van der Waals surface area (Å²) in [6.07, 6.45) is 5.46. The molecular weight excluding hydrogens is 190 g/mol. The molecule has 4 heteroatoms. The highest BCUT2D eigenvalue weighted by Crippen LogP contribution is 2.10. The maximum Gasteiger partial charge on any atom is 0.150 e. The molecular formula is C11H19N3O. The molecule has 1 aliphatic rings. The van der Waals surface area contributed by atoms with Gasteiger partial charge >= 0.3 is 0 Å². The first-order chi connectivity index (χ1) is 7.34. The lowest BCUT2D eigenvalue weighted by molar-refractivity contribution is 0.336. The molecule has 1 N–H and O–H groups in total. The topological polar surface area (TPSA) is 41.3 Å². The van der Waals surface area contributed by atoms with E-state index in [9.17, 15) is 0 Å². The molecule has 1 aromatic rings. The maximum atomic E-state index is 5.05. The van der Waals surface area contributed by atoms with E-state index in [1.807, 2.05) is 6.07 Å². The number of nitrogens with one attached hydrogen (secondary N) is 1. The molecule has 1 unspecified atom stereocenters. The molecule has 0 aromatic carbocycles. The fourth-order valence-corrected chi connectivity index (χ4v) is 2.02. The second-order valence-corrected chi connectivity index (χ2v) is 4.29. The minimum absolute atomic E-state index is 0.625. The predicted molar refractivity (Wildman–Crippen MR) is 58.5 cm³/mol. The predicted octanol–water partition coefficient (Wildman–Crippen LogP) is 1.25. The number of aromatic nitrogens is 1. The summed E-state index contributed by atoms with van der Waals surface area (Å²) in [7, 11) is 2.19. The quantitative estimate of drug-likeness (QED) is 0.813. The maximum absolute atomic E-state index is 5.05. The molecule has 2 heterocycles. The van der Waals surface area contributed by atoms with E-state index < -0.39 is 0 Å². The van der Waals surface area contributed by atoms with Crippen molar-refractivity contribution in [3.05, 3.63) is 18.0 Å². The van der Waals surface area contributed by atoms with Crippen molar-refractivity contribution in [3.8, 4) is 0 Å². The molecule has 1 saturated heterocycles. The molecule has 0 amide bonds. The number of hydrogen-bond donors (Lipinski definition) is 1. The van der Waals surface area contributed by atoms with Crippen molar-refractivity contribution in [1.82, 2.24) is 15.4 Å². The van der Waals surface area contributed by atoms with Gasteiger partial charge in [-0.25, -0.2) is 0 Å². The van der Waals surface area contributed by atoms with Crippen LogP contribution in [0.25, 0.3) is 0 Å². The molecule has 1 aromatic heterocycles. The number of rotatable bonds is 3. The number of hydrogen-bond acceptors (Lipinski definition) is 4. The SMILES string of the molecule is CN1CCCC(NCc2ccno2)CC1.